The van der Waals surface area contributed by atoms with Gasteiger partial charge in [0.05, 0.1) is 6.10 Å². The Kier molecular flexibility index (Phi) is 5.15. The monoisotopic (exact) mass is 337 g/mol. The zero-order valence-electron chi connectivity index (χ0n) is 12.8. The van der Waals surface area contributed by atoms with Crippen molar-refractivity contribution in [2.24, 2.45) is 0 Å². The molecular formula is C16H20ClN3O3. The lowest BCUT2D eigenvalue weighted by Crippen LogP contribution is -2.41. The van der Waals surface area contributed by atoms with Gasteiger partial charge in [-0.2, -0.15) is 0 Å². The van der Waals surface area contributed by atoms with Gasteiger partial charge in [-0.1, -0.05) is 17.7 Å². The number of hydrogen-bond donors (Lipinski definition) is 1. The SMILES string of the molecule is O=C(c1c(Cl)nc2ccccn12)N1CCC(OCCCO)CC1. The first-order valence-electron chi connectivity index (χ1n) is 7.85. The Hall–Kier alpha value is -1.63. The lowest BCUT2D eigenvalue weighted by molar-refractivity contribution is 0.00382. The van der Waals surface area contributed by atoms with E-state index in [4.69, 9.17) is 21.4 Å². The van der Waals surface area contributed by atoms with Crippen LogP contribution in [0.1, 0.15) is 29.8 Å². The summed E-state index contributed by atoms with van der Waals surface area (Å²) in [7, 11) is 0. The van der Waals surface area contributed by atoms with Gasteiger partial charge in [0, 0.05) is 32.5 Å². The number of nitrogens with zero attached hydrogens (tertiary/aromatic N) is 3. The number of pyridine rings is 1. The number of aliphatic hydroxyl groups is 1. The molecule has 0 spiro atoms. The van der Waals surface area contributed by atoms with Crippen LogP contribution in [0, 0.1) is 0 Å². The Labute approximate surface area is 139 Å². The van der Waals surface area contributed by atoms with Gasteiger partial charge in [0.15, 0.2) is 10.8 Å². The van der Waals surface area contributed by atoms with Gasteiger partial charge in [0.1, 0.15) is 5.65 Å². The Morgan fingerprint density at radius 2 is 2.17 bits per heavy atom. The standard InChI is InChI=1S/C16H20ClN3O3/c17-15-14(20-7-2-1-4-13(20)18-15)16(22)19-8-5-12(6-9-19)23-11-3-10-21/h1-2,4,7,12,21H,3,5-6,8-11H2. The van der Waals surface area contributed by atoms with E-state index in [1.165, 1.54) is 0 Å². The van der Waals surface area contributed by atoms with Gasteiger partial charge in [-0.15, -0.1) is 0 Å². The van der Waals surface area contributed by atoms with Crippen molar-refractivity contribution in [3.63, 3.8) is 0 Å². The number of hydrogen-bond acceptors (Lipinski definition) is 4. The highest BCUT2D eigenvalue weighted by Crippen LogP contribution is 2.22. The number of carbonyl (C=O) groups is 1. The molecule has 1 amide bonds. The number of likely N-dealkylation sites (tertiary alicyclic amines) is 1. The molecule has 1 aliphatic heterocycles. The molecule has 2 aromatic heterocycles. The average Bonchev–Trinajstić information content (AvgIpc) is 2.91. The van der Waals surface area contributed by atoms with Gasteiger partial charge >= 0.3 is 0 Å². The van der Waals surface area contributed by atoms with Crippen LogP contribution in [0.15, 0.2) is 24.4 Å². The van der Waals surface area contributed by atoms with E-state index in [2.05, 4.69) is 4.98 Å². The fourth-order valence-electron chi connectivity index (χ4n) is 2.85. The molecule has 3 heterocycles. The Morgan fingerprint density at radius 3 is 2.91 bits per heavy atom. The first kappa shape index (κ1) is 16.2. The van der Waals surface area contributed by atoms with Crippen molar-refractivity contribution in [1.29, 1.82) is 0 Å². The first-order chi connectivity index (χ1) is 11.2. The minimum atomic E-state index is -0.0949. The predicted molar refractivity (Wildman–Crippen MR) is 86.8 cm³/mol. The third-order valence-electron chi connectivity index (χ3n) is 4.08. The summed E-state index contributed by atoms with van der Waals surface area (Å²) in [5, 5.41) is 9.01. The fraction of sp³-hybridized carbons (Fsp3) is 0.500. The van der Waals surface area contributed by atoms with Crippen LogP contribution in [0.4, 0.5) is 0 Å². The molecule has 0 aliphatic carbocycles. The van der Waals surface area contributed by atoms with Crippen LogP contribution in [0.3, 0.4) is 0 Å². The third-order valence-corrected chi connectivity index (χ3v) is 4.34. The van der Waals surface area contributed by atoms with Gasteiger partial charge in [-0.25, -0.2) is 4.98 Å². The second kappa shape index (κ2) is 7.29. The average molecular weight is 338 g/mol. The Morgan fingerprint density at radius 1 is 1.39 bits per heavy atom. The summed E-state index contributed by atoms with van der Waals surface area (Å²) < 4.78 is 7.43. The second-order valence-corrected chi connectivity index (χ2v) is 5.98. The topological polar surface area (TPSA) is 67.1 Å². The van der Waals surface area contributed by atoms with Crippen molar-refractivity contribution in [1.82, 2.24) is 14.3 Å². The number of rotatable bonds is 5. The molecule has 7 heteroatoms. The molecule has 0 aromatic carbocycles. The number of fused-ring (bicyclic) bond motifs is 1. The van der Waals surface area contributed by atoms with E-state index in [9.17, 15) is 4.79 Å². The maximum Gasteiger partial charge on any atom is 0.274 e. The first-order valence-corrected chi connectivity index (χ1v) is 8.23. The summed E-state index contributed by atoms with van der Waals surface area (Å²) in [5.74, 6) is -0.0949. The van der Waals surface area contributed by atoms with E-state index in [0.717, 1.165) is 12.8 Å². The Bertz CT molecular complexity index is 680. The summed E-state index contributed by atoms with van der Waals surface area (Å²) >= 11 is 6.17. The number of aliphatic hydroxyl groups excluding tert-OH is 1. The van der Waals surface area contributed by atoms with E-state index in [0.29, 0.717) is 37.5 Å². The Balaban J connectivity index is 1.66. The molecule has 1 N–H and O–H groups in total. The summed E-state index contributed by atoms with van der Waals surface area (Å²) in [5.41, 5.74) is 1.09. The molecular weight excluding hydrogens is 318 g/mol. The molecule has 0 atom stereocenters. The smallest absolute Gasteiger partial charge is 0.274 e. The summed E-state index contributed by atoms with van der Waals surface area (Å²) in [6.45, 7) is 1.98. The molecule has 1 aliphatic rings. The number of halogens is 1. The number of piperidine rings is 1. The zero-order chi connectivity index (χ0) is 16.2. The van der Waals surface area contributed by atoms with Crippen molar-refractivity contribution >= 4 is 23.2 Å². The van der Waals surface area contributed by atoms with Crippen molar-refractivity contribution < 1.29 is 14.6 Å². The van der Waals surface area contributed by atoms with Gasteiger partial charge in [0.25, 0.3) is 5.91 Å². The lowest BCUT2D eigenvalue weighted by atomic mass is 10.1. The maximum atomic E-state index is 12.8. The van der Waals surface area contributed by atoms with Gasteiger partial charge < -0.3 is 14.7 Å². The highest BCUT2D eigenvalue weighted by atomic mass is 35.5. The molecule has 0 radical (unpaired) electrons. The molecule has 1 saturated heterocycles. The van der Waals surface area contributed by atoms with Crippen molar-refractivity contribution in [3.8, 4) is 0 Å². The maximum absolute atomic E-state index is 12.8. The predicted octanol–water partition coefficient (Wildman–Crippen LogP) is 1.99. The number of amides is 1. The molecule has 0 unspecified atom stereocenters. The third kappa shape index (κ3) is 3.49. The van der Waals surface area contributed by atoms with Crippen LogP contribution in [0.2, 0.25) is 5.15 Å². The second-order valence-electron chi connectivity index (χ2n) is 5.62. The number of carbonyl (C=O) groups excluding carboxylic acids is 1. The number of imidazole rings is 1. The molecule has 6 nitrogen and oxygen atoms in total. The normalized spacial score (nSPS) is 16.2. The van der Waals surface area contributed by atoms with E-state index in [1.54, 1.807) is 15.5 Å². The van der Waals surface area contributed by atoms with E-state index < -0.39 is 0 Å². The van der Waals surface area contributed by atoms with Gasteiger partial charge in [0.2, 0.25) is 0 Å². The summed E-state index contributed by atoms with van der Waals surface area (Å²) in [6.07, 6.45) is 4.20. The zero-order valence-corrected chi connectivity index (χ0v) is 13.6. The molecule has 23 heavy (non-hydrogen) atoms. The summed E-state index contributed by atoms with van der Waals surface area (Å²) in [6, 6.07) is 5.54. The van der Waals surface area contributed by atoms with Crippen LogP contribution in [0.5, 0.6) is 0 Å². The van der Waals surface area contributed by atoms with Crippen molar-refractivity contribution in [3.05, 3.63) is 35.2 Å². The molecule has 3 rings (SSSR count). The largest absolute Gasteiger partial charge is 0.396 e. The molecule has 0 bridgehead atoms. The quantitative estimate of drug-likeness (QED) is 0.847. The van der Waals surface area contributed by atoms with E-state index >= 15 is 0 Å². The van der Waals surface area contributed by atoms with Crippen LogP contribution in [-0.4, -0.2) is 57.7 Å². The molecule has 2 aromatic rings. The van der Waals surface area contributed by atoms with Gasteiger partial charge in [-0.3, -0.25) is 9.20 Å². The van der Waals surface area contributed by atoms with Crippen LogP contribution in [-0.2, 0) is 4.74 Å². The highest BCUT2D eigenvalue weighted by Gasteiger charge is 2.27. The van der Waals surface area contributed by atoms with Crippen LogP contribution < -0.4 is 0 Å². The molecule has 0 saturated carbocycles. The van der Waals surface area contributed by atoms with E-state index in [1.807, 2.05) is 18.2 Å². The van der Waals surface area contributed by atoms with Crippen molar-refractivity contribution in [2.75, 3.05) is 26.3 Å². The number of ether oxygens (including phenoxy) is 1. The van der Waals surface area contributed by atoms with E-state index in [-0.39, 0.29) is 23.8 Å². The van der Waals surface area contributed by atoms with Crippen LogP contribution in [0.25, 0.3) is 5.65 Å². The lowest BCUT2D eigenvalue weighted by Gasteiger charge is -2.31. The minimum Gasteiger partial charge on any atom is -0.396 e. The van der Waals surface area contributed by atoms with Crippen LogP contribution >= 0.6 is 11.6 Å². The molecule has 1 fully saturated rings. The fourth-order valence-corrected chi connectivity index (χ4v) is 3.11. The van der Waals surface area contributed by atoms with Crippen molar-refractivity contribution in [2.45, 2.75) is 25.4 Å². The highest BCUT2D eigenvalue weighted by molar-refractivity contribution is 6.32. The van der Waals surface area contributed by atoms with Gasteiger partial charge in [-0.05, 0) is 31.4 Å². The minimum absolute atomic E-state index is 0.0949. The molecule has 124 valence electrons. The number of aromatic nitrogens is 2. The summed E-state index contributed by atoms with van der Waals surface area (Å²) in [4.78, 5) is 18.8.